The van der Waals surface area contributed by atoms with Crippen molar-refractivity contribution in [2.75, 3.05) is 19.7 Å². The first-order chi connectivity index (χ1) is 12.8. The molecule has 1 aromatic carbocycles. The maximum absolute atomic E-state index is 13.3. The predicted octanol–water partition coefficient (Wildman–Crippen LogP) is 3.50. The average Bonchev–Trinajstić information content (AvgIpc) is 2.67. The van der Waals surface area contributed by atoms with Crippen LogP contribution in [0.15, 0.2) is 24.3 Å². The van der Waals surface area contributed by atoms with Crippen molar-refractivity contribution in [1.29, 1.82) is 0 Å². The van der Waals surface area contributed by atoms with Crippen LogP contribution in [0.1, 0.15) is 42.9 Å². The van der Waals surface area contributed by atoms with Crippen LogP contribution in [0.3, 0.4) is 0 Å². The monoisotopic (exact) mass is 385 g/mol. The van der Waals surface area contributed by atoms with Gasteiger partial charge in [-0.15, -0.1) is 0 Å². The van der Waals surface area contributed by atoms with Crippen molar-refractivity contribution >= 4 is 11.9 Å². The number of nitrogens with zero attached hydrogens (tertiary/aromatic N) is 1. The number of ether oxygens (including phenoxy) is 1. The molecule has 3 rings (SSSR count). The van der Waals surface area contributed by atoms with E-state index in [9.17, 15) is 27.9 Å². The van der Waals surface area contributed by atoms with Gasteiger partial charge in [0.2, 0.25) is 5.91 Å². The van der Waals surface area contributed by atoms with Crippen molar-refractivity contribution < 1.29 is 32.6 Å². The van der Waals surface area contributed by atoms with Crippen LogP contribution >= 0.6 is 0 Å². The van der Waals surface area contributed by atoms with Crippen LogP contribution in [-0.4, -0.2) is 41.6 Å². The zero-order chi connectivity index (χ0) is 19.6. The van der Waals surface area contributed by atoms with Crippen LogP contribution < -0.4 is 0 Å². The zero-order valence-electron chi connectivity index (χ0n) is 14.7. The van der Waals surface area contributed by atoms with Gasteiger partial charge in [-0.05, 0) is 30.9 Å². The predicted molar refractivity (Wildman–Crippen MR) is 89.8 cm³/mol. The van der Waals surface area contributed by atoms with E-state index >= 15 is 0 Å². The number of hydrogen-bond acceptors (Lipinski definition) is 3. The number of amides is 1. The fourth-order valence-corrected chi connectivity index (χ4v) is 3.97. The van der Waals surface area contributed by atoms with E-state index < -0.39 is 35.6 Å². The average molecular weight is 385 g/mol. The Kier molecular flexibility index (Phi) is 5.74. The van der Waals surface area contributed by atoms with E-state index in [1.54, 1.807) is 0 Å². The summed E-state index contributed by atoms with van der Waals surface area (Å²) in [6.45, 7) is 0.496. The number of benzene rings is 1. The Balaban J connectivity index is 1.73. The van der Waals surface area contributed by atoms with Gasteiger partial charge < -0.3 is 14.7 Å². The molecule has 1 aliphatic heterocycles. The van der Waals surface area contributed by atoms with Crippen LogP contribution in [0.5, 0.6) is 0 Å². The van der Waals surface area contributed by atoms with Gasteiger partial charge in [0.25, 0.3) is 0 Å². The largest absolute Gasteiger partial charge is 0.481 e. The van der Waals surface area contributed by atoms with Crippen LogP contribution in [0.25, 0.3) is 0 Å². The number of morpholine rings is 1. The first kappa shape index (κ1) is 19.7. The summed E-state index contributed by atoms with van der Waals surface area (Å²) < 4.78 is 45.4. The number of carbonyl (C=O) groups excluding carboxylic acids is 1. The third-order valence-corrected chi connectivity index (χ3v) is 5.36. The summed E-state index contributed by atoms with van der Waals surface area (Å²) in [6, 6.07) is 5.24. The molecule has 0 spiro atoms. The molecular weight excluding hydrogens is 363 g/mol. The molecule has 0 aromatic heterocycles. The summed E-state index contributed by atoms with van der Waals surface area (Å²) in [7, 11) is 0. The van der Waals surface area contributed by atoms with E-state index in [4.69, 9.17) is 4.74 Å². The van der Waals surface area contributed by atoms with E-state index in [0.717, 1.165) is 6.07 Å². The van der Waals surface area contributed by atoms with Crippen LogP contribution in [-0.2, 0) is 20.5 Å². The summed E-state index contributed by atoms with van der Waals surface area (Å²) >= 11 is 0. The number of rotatable bonds is 3. The lowest BCUT2D eigenvalue weighted by Crippen LogP contribution is -2.46. The van der Waals surface area contributed by atoms with Gasteiger partial charge in [0.1, 0.15) is 6.10 Å². The van der Waals surface area contributed by atoms with E-state index in [1.807, 2.05) is 0 Å². The maximum Gasteiger partial charge on any atom is 0.416 e. The van der Waals surface area contributed by atoms with Gasteiger partial charge in [-0.3, -0.25) is 9.59 Å². The highest BCUT2D eigenvalue weighted by Crippen LogP contribution is 2.37. The Hall–Kier alpha value is -2.09. The molecule has 1 aliphatic carbocycles. The number of aliphatic carboxylic acids is 1. The Bertz CT molecular complexity index is 706. The quantitative estimate of drug-likeness (QED) is 0.865. The molecule has 1 aromatic rings. The van der Waals surface area contributed by atoms with Crippen LogP contribution in [0.4, 0.5) is 13.2 Å². The van der Waals surface area contributed by atoms with E-state index in [1.165, 1.54) is 23.1 Å². The SMILES string of the molecule is O=C(O)C1CCCC(C(=O)N2CCOC(c3ccccc3C(F)(F)F)C2)C1. The molecule has 1 heterocycles. The summed E-state index contributed by atoms with van der Waals surface area (Å²) in [5.74, 6) is -2.00. The van der Waals surface area contributed by atoms with Gasteiger partial charge >= 0.3 is 12.1 Å². The number of carboxylic acid groups (broad SMARTS) is 1. The molecule has 3 unspecified atom stereocenters. The molecule has 148 valence electrons. The topological polar surface area (TPSA) is 66.8 Å². The van der Waals surface area contributed by atoms with Gasteiger partial charge in [-0.25, -0.2) is 0 Å². The minimum Gasteiger partial charge on any atom is -0.481 e. The van der Waals surface area contributed by atoms with Crippen molar-refractivity contribution in [2.45, 2.75) is 38.0 Å². The smallest absolute Gasteiger partial charge is 0.416 e. The second-order valence-electron chi connectivity index (χ2n) is 7.13. The van der Waals surface area contributed by atoms with Crippen LogP contribution in [0, 0.1) is 11.8 Å². The molecule has 2 aliphatic rings. The summed E-state index contributed by atoms with van der Waals surface area (Å²) in [4.78, 5) is 25.6. The lowest BCUT2D eigenvalue weighted by molar-refractivity contribution is -0.149. The third kappa shape index (κ3) is 4.43. The second kappa shape index (κ2) is 7.88. The molecule has 3 atom stereocenters. The molecule has 1 N–H and O–H groups in total. The fraction of sp³-hybridized carbons (Fsp3) is 0.579. The first-order valence-corrected chi connectivity index (χ1v) is 9.06. The normalized spacial score (nSPS) is 26.6. The minimum atomic E-state index is -4.50. The van der Waals surface area contributed by atoms with Crippen molar-refractivity contribution in [3.63, 3.8) is 0 Å². The van der Waals surface area contributed by atoms with Gasteiger partial charge in [0, 0.05) is 12.5 Å². The van der Waals surface area contributed by atoms with Crippen molar-refractivity contribution in [3.8, 4) is 0 Å². The molecule has 8 heteroatoms. The van der Waals surface area contributed by atoms with Crippen molar-refractivity contribution in [2.24, 2.45) is 11.8 Å². The minimum absolute atomic E-state index is 0.0227. The van der Waals surface area contributed by atoms with Crippen LogP contribution in [0.2, 0.25) is 0 Å². The van der Waals surface area contributed by atoms with E-state index in [0.29, 0.717) is 25.8 Å². The Morgan fingerprint density at radius 1 is 1.15 bits per heavy atom. The van der Waals surface area contributed by atoms with Gasteiger partial charge in [-0.2, -0.15) is 13.2 Å². The highest BCUT2D eigenvalue weighted by molar-refractivity contribution is 5.80. The van der Waals surface area contributed by atoms with Crippen molar-refractivity contribution in [3.05, 3.63) is 35.4 Å². The fourth-order valence-electron chi connectivity index (χ4n) is 3.97. The molecule has 27 heavy (non-hydrogen) atoms. The lowest BCUT2D eigenvalue weighted by atomic mass is 9.80. The number of alkyl halides is 3. The number of carbonyl (C=O) groups is 2. The summed E-state index contributed by atoms with van der Waals surface area (Å²) in [6.07, 6.45) is -3.22. The zero-order valence-corrected chi connectivity index (χ0v) is 14.7. The Morgan fingerprint density at radius 2 is 1.85 bits per heavy atom. The standard InChI is InChI=1S/C19H22F3NO4/c20-19(21,22)15-7-2-1-6-14(15)16-11-23(8-9-27-16)17(24)12-4-3-5-13(10-12)18(25)26/h1-2,6-7,12-13,16H,3-5,8-11H2,(H,25,26). The third-order valence-electron chi connectivity index (χ3n) is 5.36. The molecule has 1 saturated heterocycles. The summed E-state index contributed by atoms with van der Waals surface area (Å²) in [5, 5.41) is 9.19. The molecule has 1 saturated carbocycles. The molecule has 1 amide bonds. The molecular formula is C19H22F3NO4. The highest BCUT2D eigenvalue weighted by atomic mass is 19.4. The Morgan fingerprint density at radius 3 is 2.56 bits per heavy atom. The Labute approximate surface area is 155 Å². The molecule has 0 radical (unpaired) electrons. The van der Waals surface area contributed by atoms with Gasteiger partial charge in [0.05, 0.1) is 24.6 Å². The van der Waals surface area contributed by atoms with Crippen molar-refractivity contribution in [1.82, 2.24) is 4.90 Å². The summed E-state index contributed by atoms with van der Waals surface area (Å²) in [5.41, 5.74) is -0.734. The number of halogens is 3. The molecule has 2 fully saturated rings. The molecule has 5 nitrogen and oxygen atoms in total. The van der Waals surface area contributed by atoms with Gasteiger partial charge in [0.15, 0.2) is 0 Å². The second-order valence-corrected chi connectivity index (χ2v) is 7.13. The number of hydrogen-bond donors (Lipinski definition) is 1. The first-order valence-electron chi connectivity index (χ1n) is 9.06. The lowest BCUT2D eigenvalue weighted by Gasteiger charge is -2.37. The van der Waals surface area contributed by atoms with Gasteiger partial charge in [-0.1, -0.05) is 24.6 Å². The maximum atomic E-state index is 13.3. The van der Waals surface area contributed by atoms with E-state index in [-0.39, 0.29) is 31.0 Å². The highest BCUT2D eigenvalue weighted by Gasteiger charge is 2.39. The van der Waals surface area contributed by atoms with E-state index in [2.05, 4.69) is 0 Å². The number of carboxylic acids is 1. The molecule has 0 bridgehead atoms.